The number of carbonyl (C=O) groups is 1. The number of nitrogens with one attached hydrogen (secondary N) is 1. The van der Waals surface area contributed by atoms with Crippen LogP contribution in [0.25, 0.3) is 10.2 Å². The molecule has 5 nitrogen and oxygen atoms in total. The van der Waals surface area contributed by atoms with Crippen molar-refractivity contribution in [2.45, 2.75) is 18.9 Å². The second kappa shape index (κ2) is 7.08. The van der Waals surface area contributed by atoms with E-state index in [0.717, 1.165) is 43.3 Å². The summed E-state index contributed by atoms with van der Waals surface area (Å²) in [4.78, 5) is 20.5. The van der Waals surface area contributed by atoms with Gasteiger partial charge in [-0.05, 0) is 39.5 Å². The van der Waals surface area contributed by atoms with E-state index in [1.807, 2.05) is 14.1 Å². The minimum atomic E-state index is -0.716. The van der Waals surface area contributed by atoms with Crippen molar-refractivity contribution in [1.29, 1.82) is 0 Å². The molecule has 1 aliphatic rings. The van der Waals surface area contributed by atoms with Gasteiger partial charge >= 0.3 is 0 Å². The summed E-state index contributed by atoms with van der Waals surface area (Å²) in [5, 5.41) is 2.99. The van der Waals surface area contributed by atoms with Gasteiger partial charge in [0.05, 0.1) is 11.2 Å². The number of benzene rings is 1. The largest absolute Gasteiger partial charge is 0.305 e. The van der Waals surface area contributed by atoms with Gasteiger partial charge in [0, 0.05) is 18.7 Å². The van der Waals surface area contributed by atoms with Gasteiger partial charge in [0.2, 0.25) is 5.91 Å². The van der Waals surface area contributed by atoms with Crippen LogP contribution in [-0.2, 0) is 4.79 Å². The highest BCUT2D eigenvalue weighted by Gasteiger charge is 2.23. The van der Waals surface area contributed by atoms with Crippen LogP contribution >= 0.6 is 11.3 Å². The molecular formula is C16H20F2N4OS. The molecule has 1 fully saturated rings. The van der Waals surface area contributed by atoms with Crippen molar-refractivity contribution < 1.29 is 13.6 Å². The molecule has 0 radical (unpaired) electrons. The van der Waals surface area contributed by atoms with E-state index in [1.165, 1.54) is 6.07 Å². The molecule has 1 aromatic carbocycles. The van der Waals surface area contributed by atoms with Gasteiger partial charge in [-0.25, -0.2) is 13.8 Å². The lowest BCUT2D eigenvalue weighted by Crippen LogP contribution is -2.47. The summed E-state index contributed by atoms with van der Waals surface area (Å²) in [5.41, 5.74) is 0.0855. The molecule has 0 spiro atoms. The SMILES string of the molecule is CN(C)C1CCCN(CC(=O)Nc2nc3c(F)cc(F)cc3s2)C1. The van der Waals surface area contributed by atoms with Crippen LogP contribution in [0.15, 0.2) is 12.1 Å². The Bertz CT molecular complexity index is 749. The van der Waals surface area contributed by atoms with Gasteiger partial charge in [0.15, 0.2) is 10.9 Å². The van der Waals surface area contributed by atoms with Gasteiger partial charge in [-0.3, -0.25) is 9.69 Å². The van der Waals surface area contributed by atoms with Crippen LogP contribution in [0.2, 0.25) is 0 Å². The summed E-state index contributed by atoms with van der Waals surface area (Å²) in [5.74, 6) is -1.55. The fourth-order valence-electron chi connectivity index (χ4n) is 2.97. The molecular weight excluding hydrogens is 334 g/mol. The van der Waals surface area contributed by atoms with Crippen molar-refractivity contribution >= 4 is 32.6 Å². The number of likely N-dealkylation sites (N-methyl/N-ethyl adjacent to an activating group) is 1. The number of likely N-dealkylation sites (tertiary alicyclic amines) is 1. The lowest BCUT2D eigenvalue weighted by atomic mass is 10.1. The highest BCUT2D eigenvalue weighted by Crippen LogP contribution is 2.28. The summed E-state index contributed by atoms with van der Waals surface area (Å²) >= 11 is 1.07. The van der Waals surface area contributed by atoms with Crippen molar-refractivity contribution in [3.63, 3.8) is 0 Å². The Morgan fingerprint density at radius 2 is 2.25 bits per heavy atom. The number of aromatic nitrogens is 1. The number of amides is 1. The van der Waals surface area contributed by atoms with Crippen molar-refractivity contribution in [2.24, 2.45) is 0 Å². The zero-order valence-corrected chi connectivity index (χ0v) is 14.5. The lowest BCUT2D eigenvalue weighted by Gasteiger charge is -2.35. The van der Waals surface area contributed by atoms with Gasteiger partial charge in [-0.15, -0.1) is 0 Å². The maximum absolute atomic E-state index is 13.7. The first kappa shape index (κ1) is 17.2. The Kier molecular flexibility index (Phi) is 5.07. The van der Waals surface area contributed by atoms with Gasteiger partial charge < -0.3 is 10.2 Å². The van der Waals surface area contributed by atoms with E-state index in [-0.39, 0.29) is 18.0 Å². The van der Waals surface area contributed by atoms with Gasteiger partial charge in [0.25, 0.3) is 0 Å². The van der Waals surface area contributed by atoms with Crippen LogP contribution in [-0.4, -0.2) is 60.5 Å². The van der Waals surface area contributed by atoms with Crippen LogP contribution in [0.1, 0.15) is 12.8 Å². The molecule has 130 valence electrons. The zero-order chi connectivity index (χ0) is 17.3. The summed E-state index contributed by atoms with van der Waals surface area (Å²) in [7, 11) is 4.09. The number of thiazole rings is 1. The van der Waals surface area contributed by atoms with Crippen LogP contribution in [0, 0.1) is 11.6 Å². The first-order valence-electron chi connectivity index (χ1n) is 7.86. The third kappa shape index (κ3) is 3.88. The Morgan fingerprint density at radius 1 is 1.46 bits per heavy atom. The predicted molar refractivity (Wildman–Crippen MR) is 91.3 cm³/mol. The molecule has 0 bridgehead atoms. The Labute approximate surface area is 143 Å². The molecule has 0 aliphatic carbocycles. The van der Waals surface area contributed by atoms with E-state index in [0.29, 0.717) is 15.9 Å². The van der Waals surface area contributed by atoms with Gasteiger partial charge in [-0.2, -0.15) is 0 Å². The highest BCUT2D eigenvalue weighted by molar-refractivity contribution is 7.22. The Morgan fingerprint density at radius 3 is 3.00 bits per heavy atom. The maximum Gasteiger partial charge on any atom is 0.240 e. The summed E-state index contributed by atoms with van der Waals surface area (Å²) in [6.07, 6.45) is 2.19. The summed E-state index contributed by atoms with van der Waals surface area (Å²) in [6, 6.07) is 2.46. The Balaban J connectivity index is 1.63. The Hall–Kier alpha value is -1.64. The van der Waals surface area contributed by atoms with E-state index >= 15 is 0 Å². The predicted octanol–water partition coefficient (Wildman–Crippen LogP) is 2.54. The summed E-state index contributed by atoms with van der Waals surface area (Å²) in [6.45, 7) is 2.01. The minimum Gasteiger partial charge on any atom is -0.305 e. The monoisotopic (exact) mass is 354 g/mol. The number of carbonyl (C=O) groups excluding carboxylic acids is 1. The molecule has 24 heavy (non-hydrogen) atoms. The minimum absolute atomic E-state index is 0.0855. The third-order valence-electron chi connectivity index (χ3n) is 4.24. The second-order valence-corrected chi connectivity index (χ2v) is 7.33. The molecule has 0 saturated carbocycles. The van der Waals surface area contributed by atoms with E-state index in [1.54, 1.807) is 0 Å². The standard InChI is InChI=1S/C16H20F2N4OS/c1-21(2)11-4-3-5-22(8-11)9-14(23)19-16-20-15-12(18)6-10(17)7-13(15)24-16/h6-7,11H,3-5,8-9H2,1-2H3,(H,19,20,23). The summed E-state index contributed by atoms with van der Waals surface area (Å²) < 4.78 is 27.3. The normalized spacial score (nSPS) is 19.1. The average molecular weight is 354 g/mol. The molecule has 1 aliphatic heterocycles. The maximum atomic E-state index is 13.7. The quantitative estimate of drug-likeness (QED) is 0.917. The number of rotatable bonds is 4. The number of anilines is 1. The average Bonchev–Trinajstić information content (AvgIpc) is 2.89. The lowest BCUT2D eigenvalue weighted by molar-refractivity contribution is -0.117. The topological polar surface area (TPSA) is 48.5 Å². The third-order valence-corrected chi connectivity index (χ3v) is 5.16. The molecule has 1 amide bonds. The fraction of sp³-hybridized carbons (Fsp3) is 0.500. The molecule has 1 unspecified atom stereocenters. The molecule has 1 saturated heterocycles. The van der Waals surface area contributed by atoms with Crippen molar-refractivity contribution in [3.05, 3.63) is 23.8 Å². The molecule has 1 atom stereocenters. The van der Waals surface area contributed by atoms with E-state index in [9.17, 15) is 13.6 Å². The molecule has 2 heterocycles. The van der Waals surface area contributed by atoms with E-state index in [4.69, 9.17) is 0 Å². The smallest absolute Gasteiger partial charge is 0.240 e. The van der Waals surface area contributed by atoms with Crippen LogP contribution in [0.3, 0.4) is 0 Å². The highest BCUT2D eigenvalue weighted by atomic mass is 32.1. The zero-order valence-electron chi connectivity index (χ0n) is 13.7. The number of hydrogen-bond acceptors (Lipinski definition) is 5. The van der Waals surface area contributed by atoms with Crippen LogP contribution < -0.4 is 5.32 Å². The van der Waals surface area contributed by atoms with Crippen molar-refractivity contribution in [1.82, 2.24) is 14.8 Å². The van der Waals surface area contributed by atoms with Crippen molar-refractivity contribution in [2.75, 3.05) is 39.0 Å². The van der Waals surface area contributed by atoms with Crippen LogP contribution in [0.5, 0.6) is 0 Å². The fourth-order valence-corrected chi connectivity index (χ4v) is 3.89. The van der Waals surface area contributed by atoms with Crippen molar-refractivity contribution in [3.8, 4) is 0 Å². The van der Waals surface area contributed by atoms with Gasteiger partial charge in [-0.1, -0.05) is 11.3 Å². The van der Waals surface area contributed by atoms with E-state index < -0.39 is 11.6 Å². The second-order valence-electron chi connectivity index (χ2n) is 6.30. The molecule has 3 rings (SSSR count). The molecule has 1 N–H and O–H groups in total. The number of fused-ring (bicyclic) bond motifs is 1. The van der Waals surface area contributed by atoms with E-state index in [2.05, 4.69) is 20.1 Å². The first-order valence-corrected chi connectivity index (χ1v) is 8.68. The number of hydrogen-bond donors (Lipinski definition) is 1. The van der Waals surface area contributed by atoms with Crippen LogP contribution in [0.4, 0.5) is 13.9 Å². The number of halogens is 2. The number of nitrogens with zero attached hydrogens (tertiary/aromatic N) is 3. The van der Waals surface area contributed by atoms with Gasteiger partial charge in [0.1, 0.15) is 11.3 Å². The molecule has 1 aromatic heterocycles. The molecule has 8 heteroatoms. The number of piperidine rings is 1. The first-order chi connectivity index (χ1) is 11.4. The molecule has 2 aromatic rings.